The molecule has 1 heterocycles. The number of hydrogen-bond acceptors (Lipinski definition) is 4. The predicted octanol–water partition coefficient (Wildman–Crippen LogP) is 4.03. The molecule has 9 heteroatoms. The fraction of sp³-hybridized carbons (Fsp3) is 0.381. The van der Waals surface area contributed by atoms with Gasteiger partial charge in [-0.1, -0.05) is 13.3 Å². The van der Waals surface area contributed by atoms with Gasteiger partial charge in [0.2, 0.25) is 0 Å². The number of carbonyl (C=O) groups is 1. The fourth-order valence-electron chi connectivity index (χ4n) is 3.29. The Bertz CT molecular complexity index is 936. The summed E-state index contributed by atoms with van der Waals surface area (Å²) in [6, 6.07) is 6.25. The molecule has 0 radical (unpaired) electrons. The van der Waals surface area contributed by atoms with Gasteiger partial charge in [-0.25, -0.2) is 13.2 Å². The molecular weight excluding hydrogens is 510 g/mol. The number of rotatable bonds is 8. The van der Waals surface area contributed by atoms with Gasteiger partial charge in [0.1, 0.15) is 11.4 Å². The van der Waals surface area contributed by atoms with Crippen molar-refractivity contribution in [3.8, 4) is 0 Å². The molecule has 1 aliphatic heterocycles. The zero-order chi connectivity index (χ0) is 21.9. The normalized spacial score (nSPS) is 15.1. The number of aliphatic hydroxyl groups is 1. The van der Waals surface area contributed by atoms with E-state index in [1.807, 2.05) is 22.6 Å². The molecule has 0 aromatic heterocycles. The van der Waals surface area contributed by atoms with Gasteiger partial charge in [0, 0.05) is 10.1 Å². The van der Waals surface area contributed by atoms with Gasteiger partial charge in [0.25, 0.3) is 5.91 Å². The highest BCUT2D eigenvalue weighted by atomic mass is 127. The molecule has 0 unspecified atom stereocenters. The summed E-state index contributed by atoms with van der Waals surface area (Å²) >= 11 is 1.93. The molecule has 0 aliphatic carbocycles. The van der Waals surface area contributed by atoms with Crippen LogP contribution >= 0.6 is 22.6 Å². The van der Waals surface area contributed by atoms with Crippen LogP contribution in [0.15, 0.2) is 30.3 Å². The lowest BCUT2D eigenvalue weighted by atomic mass is 9.92. The van der Waals surface area contributed by atoms with E-state index in [1.165, 1.54) is 17.0 Å². The van der Waals surface area contributed by atoms with Crippen LogP contribution in [0.3, 0.4) is 0 Å². The van der Waals surface area contributed by atoms with Crippen LogP contribution in [0.5, 0.6) is 0 Å². The molecule has 0 bridgehead atoms. The summed E-state index contributed by atoms with van der Waals surface area (Å²) < 4.78 is 43.2. The van der Waals surface area contributed by atoms with Gasteiger partial charge in [-0.3, -0.25) is 4.79 Å². The molecular formula is C21H23F3IN3O2. The summed E-state index contributed by atoms with van der Waals surface area (Å²) in [7, 11) is 0. The van der Waals surface area contributed by atoms with E-state index in [0.29, 0.717) is 10.1 Å². The van der Waals surface area contributed by atoms with E-state index >= 15 is 0 Å². The molecule has 1 fully saturated rings. The first kappa shape index (κ1) is 22.8. The molecule has 0 spiro atoms. The van der Waals surface area contributed by atoms with Gasteiger partial charge in [-0.05, 0) is 65.9 Å². The minimum absolute atomic E-state index is 0.0707. The number of nitrogens with zero attached hydrogens (tertiary/aromatic N) is 1. The van der Waals surface area contributed by atoms with Gasteiger partial charge < -0.3 is 20.6 Å². The average Bonchev–Trinajstić information content (AvgIpc) is 2.68. The lowest BCUT2D eigenvalue weighted by Crippen LogP contribution is -2.67. The molecule has 0 atom stereocenters. The maximum atomic E-state index is 14.5. The first-order chi connectivity index (χ1) is 14.2. The van der Waals surface area contributed by atoms with Gasteiger partial charge in [-0.2, -0.15) is 0 Å². The van der Waals surface area contributed by atoms with Crippen LogP contribution in [0, 0.1) is 21.0 Å². The van der Waals surface area contributed by atoms with Gasteiger partial charge >= 0.3 is 0 Å². The monoisotopic (exact) mass is 533 g/mol. The van der Waals surface area contributed by atoms with E-state index in [9.17, 15) is 23.1 Å². The highest BCUT2D eigenvalue weighted by molar-refractivity contribution is 14.1. The van der Waals surface area contributed by atoms with Crippen molar-refractivity contribution in [1.82, 2.24) is 10.2 Å². The van der Waals surface area contributed by atoms with E-state index in [-0.39, 0.29) is 24.3 Å². The van der Waals surface area contributed by atoms with Crippen LogP contribution in [-0.2, 0) is 0 Å². The van der Waals surface area contributed by atoms with E-state index < -0.39 is 34.6 Å². The van der Waals surface area contributed by atoms with E-state index in [0.717, 1.165) is 31.5 Å². The third-order valence-corrected chi connectivity index (χ3v) is 5.61. The number of amides is 1. The number of carbonyl (C=O) groups excluding carboxylic acids is 1. The topological polar surface area (TPSA) is 64.6 Å². The van der Waals surface area contributed by atoms with E-state index in [2.05, 4.69) is 17.6 Å². The van der Waals surface area contributed by atoms with Crippen LogP contribution in [0.1, 0.15) is 30.1 Å². The Kier molecular flexibility index (Phi) is 7.25. The van der Waals surface area contributed by atoms with Crippen LogP contribution in [0.2, 0.25) is 0 Å². The van der Waals surface area contributed by atoms with Gasteiger partial charge in [0.15, 0.2) is 11.6 Å². The maximum Gasteiger partial charge on any atom is 0.256 e. The molecule has 162 valence electrons. The molecule has 2 aromatic carbocycles. The Morgan fingerprint density at radius 1 is 1.20 bits per heavy atom. The lowest BCUT2D eigenvalue weighted by molar-refractivity contribution is -0.0784. The summed E-state index contributed by atoms with van der Waals surface area (Å²) in [4.78, 5) is 14.2. The first-order valence-corrected chi connectivity index (χ1v) is 10.7. The van der Waals surface area contributed by atoms with Crippen LogP contribution in [0.25, 0.3) is 0 Å². The van der Waals surface area contributed by atoms with Crippen molar-refractivity contribution >= 4 is 39.9 Å². The minimum atomic E-state index is -1.27. The summed E-state index contributed by atoms with van der Waals surface area (Å²) in [5.41, 5.74) is -1.70. The number of hydrogen-bond donors (Lipinski definition) is 3. The summed E-state index contributed by atoms with van der Waals surface area (Å²) in [6.45, 7) is 3.32. The largest absolute Gasteiger partial charge is 0.385 e. The second-order valence-corrected chi connectivity index (χ2v) is 8.69. The van der Waals surface area contributed by atoms with Crippen molar-refractivity contribution in [2.24, 2.45) is 0 Å². The first-order valence-electron chi connectivity index (χ1n) is 9.66. The zero-order valence-corrected chi connectivity index (χ0v) is 18.6. The highest BCUT2D eigenvalue weighted by Crippen LogP contribution is 2.31. The molecule has 2 aromatic rings. The number of β-amino-alcohol motifs (C(OH)–C–C–N with tert-alkyl or cyclic N) is 1. The van der Waals surface area contributed by atoms with E-state index in [4.69, 9.17) is 0 Å². The van der Waals surface area contributed by atoms with Crippen molar-refractivity contribution in [2.75, 3.05) is 31.5 Å². The Labute approximate surface area is 186 Å². The molecule has 30 heavy (non-hydrogen) atoms. The molecule has 1 aliphatic rings. The highest BCUT2D eigenvalue weighted by Gasteiger charge is 2.44. The second-order valence-electron chi connectivity index (χ2n) is 7.45. The summed E-state index contributed by atoms with van der Waals surface area (Å²) in [5.74, 6) is -3.64. The number of nitrogens with one attached hydrogen (secondary N) is 2. The summed E-state index contributed by atoms with van der Waals surface area (Å²) in [5, 5.41) is 16.1. The van der Waals surface area contributed by atoms with Crippen LogP contribution in [-0.4, -0.2) is 47.7 Å². The van der Waals surface area contributed by atoms with E-state index in [1.54, 1.807) is 6.07 Å². The van der Waals surface area contributed by atoms with Crippen molar-refractivity contribution in [1.29, 1.82) is 0 Å². The Morgan fingerprint density at radius 3 is 2.60 bits per heavy atom. The Morgan fingerprint density at radius 2 is 1.93 bits per heavy atom. The maximum absolute atomic E-state index is 14.5. The molecule has 3 N–H and O–H groups in total. The standard InChI is InChI=1S/C21H23F3IN3O2/c1-2-3-8-26-10-21(30)11-28(12-21)20(29)14-5-6-15(22)18(24)19(14)27-17-7-4-13(25)9-16(17)23/h4-7,9,26-27,30H,2-3,8,10-12H2,1H3. The third kappa shape index (κ3) is 5.06. The third-order valence-electron chi connectivity index (χ3n) is 4.93. The smallest absolute Gasteiger partial charge is 0.256 e. The molecule has 3 rings (SSSR count). The molecule has 0 saturated carbocycles. The number of anilines is 2. The SMILES string of the molecule is CCCCNCC1(O)CN(C(=O)c2ccc(F)c(F)c2Nc2ccc(I)cc2F)C1. The number of halogens is 4. The van der Waals surface area contributed by atoms with Crippen molar-refractivity contribution in [3.05, 3.63) is 56.9 Å². The van der Waals surface area contributed by atoms with Crippen LogP contribution < -0.4 is 10.6 Å². The van der Waals surface area contributed by atoms with Gasteiger partial charge in [0.05, 0.1) is 30.0 Å². The Hall–Kier alpha value is -1.85. The molecule has 1 amide bonds. The average molecular weight is 533 g/mol. The van der Waals surface area contributed by atoms with Crippen molar-refractivity contribution in [2.45, 2.75) is 25.4 Å². The molecule has 5 nitrogen and oxygen atoms in total. The number of benzene rings is 2. The van der Waals surface area contributed by atoms with Crippen LogP contribution in [0.4, 0.5) is 24.5 Å². The zero-order valence-electron chi connectivity index (χ0n) is 16.4. The number of unbranched alkanes of at least 4 members (excludes halogenated alkanes) is 1. The summed E-state index contributed by atoms with van der Waals surface area (Å²) in [6.07, 6.45) is 2.01. The van der Waals surface area contributed by atoms with Gasteiger partial charge in [-0.15, -0.1) is 0 Å². The fourth-order valence-corrected chi connectivity index (χ4v) is 3.74. The quantitative estimate of drug-likeness (QED) is 0.355. The van der Waals surface area contributed by atoms with Crippen molar-refractivity contribution < 1.29 is 23.1 Å². The second kappa shape index (κ2) is 9.52. The number of likely N-dealkylation sites (tertiary alicyclic amines) is 1. The Balaban J connectivity index is 1.76. The molecule has 1 saturated heterocycles. The predicted molar refractivity (Wildman–Crippen MR) is 117 cm³/mol. The lowest BCUT2D eigenvalue weighted by Gasteiger charge is -2.46. The van der Waals surface area contributed by atoms with Crippen molar-refractivity contribution in [3.63, 3.8) is 0 Å². The minimum Gasteiger partial charge on any atom is -0.385 e.